The summed E-state index contributed by atoms with van der Waals surface area (Å²) in [4.78, 5) is 38.5. The summed E-state index contributed by atoms with van der Waals surface area (Å²) in [5.41, 5.74) is 3.17. The van der Waals surface area contributed by atoms with Crippen molar-refractivity contribution in [3.05, 3.63) is 102 Å². The second-order valence-electron chi connectivity index (χ2n) is 10.9. The van der Waals surface area contributed by atoms with Crippen molar-refractivity contribution < 1.29 is 23.9 Å². The smallest absolute Gasteiger partial charge is 0.313 e. The highest BCUT2D eigenvalue weighted by Crippen LogP contribution is 2.29. The average Bonchev–Trinajstić information content (AvgIpc) is 2.96. The molecule has 0 aliphatic carbocycles. The molecule has 3 rings (SSSR count). The van der Waals surface area contributed by atoms with Crippen molar-refractivity contribution in [3.8, 4) is 0 Å². The van der Waals surface area contributed by atoms with Crippen LogP contribution < -0.4 is 16.0 Å². The van der Waals surface area contributed by atoms with Crippen molar-refractivity contribution in [2.45, 2.75) is 78.0 Å². The Kier molecular flexibility index (Phi) is 11.6. The van der Waals surface area contributed by atoms with E-state index in [2.05, 4.69) is 16.0 Å². The van der Waals surface area contributed by atoms with Crippen LogP contribution in [0.1, 0.15) is 57.7 Å². The highest BCUT2D eigenvalue weighted by atomic mass is 16.7. The largest absolute Gasteiger partial charge is 0.346 e. The van der Waals surface area contributed by atoms with Gasteiger partial charge in [-0.2, -0.15) is 0 Å². The third-order valence-corrected chi connectivity index (χ3v) is 6.54. The topological polar surface area (TPSA) is 106 Å². The predicted octanol–water partition coefficient (Wildman–Crippen LogP) is 5.08. The number of ether oxygens (including phenoxy) is 2. The molecule has 0 fully saturated rings. The van der Waals surface area contributed by atoms with E-state index >= 15 is 0 Å². The summed E-state index contributed by atoms with van der Waals surface area (Å²) >= 11 is 0. The molecule has 0 saturated heterocycles. The molecule has 2 atom stereocenters. The number of hydrogen-bond acceptors (Lipinski definition) is 5. The van der Waals surface area contributed by atoms with Crippen molar-refractivity contribution >= 4 is 23.4 Å². The van der Waals surface area contributed by atoms with E-state index in [4.69, 9.17) is 9.47 Å². The molecule has 0 bridgehead atoms. The van der Waals surface area contributed by atoms with Crippen molar-refractivity contribution in [1.29, 1.82) is 0 Å². The first-order chi connectivity index (χ1) is 19.6. The first-order valence-corrected chi connectivity index (χ1v) is 13.9. The van der Waals surface area contributed by atoms with Gasteiger partial charge in [-0.15, -0.1) is 0 Å². The van der Waals surface area contributed by atoms with Crippen LogP contribution in [0.2, 0.25) is 0 Å². The Balaban J connectivity index is 1.62. The van der Waals surface area contributed by atoms with Crippen LogP contribution in [0.25, 0.3) is 0 Å². The predicted molar refractivity (Wildman–Crippen MR) is 160 cm³/mol. The maximum Gasteiger partial charge on any atom is 0.313 e. The zero-order valence-electron chi connectivity index (χ0n) is 24.5. The molecular weight excluding hydrogens is 518 g/mol. The Morgan fingerprint density at radius 2 is 1.24 bits per heavy atom. The molecule has 0 spiro atoms. The normalized spacial score (nSPS) is 12.8. The highest BCUT2D eigenvalue weighted by Gasteiger charge is 2.28. The fourth-order valence-electron chi connectivity index (χ4n) is 4.21. The van der Waals surface area contributed by atoms with Crippen LogP contribution in [-0.4, -0.2) is 36.1 Å². The van der Waals surface area contributed by atoms with E-state index in [9.17, 15) is 14.4 Å². The molecule has 2 unspecified atom stereocenters. The van der Waals surface area contributed by atoms with Gasteiger partial charge in [0.1, 0.15) is 6.04 Å². The highest BCUT2D eigenvalue weighted by molar-refractivity contribution is 6.40. The van der Waals surface area contributed by atoms with E-state index in [0.717, 1.165) is 16.7 Å². The van der Waals surface area contributed by atoms with E-state index in [0.29, 0.717) is 25.3 Å². The molecule has 218 valence electrons. The SMILES string of the molecule is CCC(NC(=O)C(C)NC(=O)C(=O)Nc1ccccc1C(C)(C)C)C(OCc1ccccc1)OCc1ccccc1. The van der Waals surface area contributed by atoms with Gasteiger partial charge in [0.2, 0.25) is 5.91 Å². The summed E-state index contributed by atoms with van der Waals surface area (Å²) in [5.74, 6) is -2.20. The summed E-state index contributed by atoms with van der Waals surface area (Å²) < 4.78 is 12.2. The Bertz CT molecular complexity index is 1230. The quantitative estimate of drug-likeness (QED) is 0.212. The van der Waals surface area contributed by atoms with Crippen LogP contribution in [0, 0.1) is 0 Å². The summed E-state index contributed by atoms with van der Waals surface area (Å²) in [7, 11) is 0. The number of amides is 3. The van der Waals surface area contributed by atoms with Gasteiger partial charge < -0.3 is 25.4 Å². The van der Waals surface area contributed by atoms with E-state index in [-0.39, 0.29) is 5.41 Å². The maximum atomic E-state index is 13.1. The molecule has 41 heavy (non-hydrogen) atoms. The summed E-state index contributed by atoms with van der Waals surface area (Å²) in [6, 6.07) is 25.3. The van der Waals surface area contributed by atoms with Crippen molar-refractivity contribution in [3.63, 3.8) is 0 Å². The fourth-order valence-corrected chi connectivity index (χ4v) is 4.21. The lowest BCUT2D eigenvalue weighted by molar-refractivity contribution is -0.176. The van der Waals surface area contributed by atoms with Gasteiger partial charge in [-0.25, -0.2) is 0 Å². The molecule has 0 aliphatic heterocycles. The minimum absolute atomic E-state index is 0.232. The van der Waals surface area contributed by atoms with Crippen LogP contribution >= 0.6 is 0 Å². The number of hydrogen-bond donors (Lipinski definition) is 3. The number of nitrogens with one attached hydrogen (secondary N) is 3. The van der Waals surface area contributed by atoms with E-state index < -0.39 is 36.1 Å². The van der Waals surface area contributed by atoms with E-state index in [1.54, 1.807) is 12.1 Å². The molecular formula is C33H41N3O5. The van der Waals surface area contributed by atoms with Gasteiger partial charge in [-0.3, -0.25) is 14.4 Å². The standard InChI is InChI=1S/C33H41N3O5/c1-6-27(32(40-21-24-15-9-7-10-16-24)41-22-25-17-11-8-12-18-25)35-29(37)23(2)34-30(38)31(39)36-28-20-14-13-19-26(28)33(3,4)5/h7-20,23,27,32H,6,21-22H2,1-5H3,(H,34,38)(H,35,37)(H,36,39). The first kappa shape index (κ1) is 31.5. The molecule has 3 amide bonds. The number of benzene rings is 3. The van der Waals surface area contributed by atoms with Gasteiger partial charge in [0.05, 0.1) is 19.3 Å². The lowest BCUT2D eigenvalue weighted by atomic mass is 9.86. The number of para-hydroxylation sites is 1. The molecule has 0 aliphatic rings. The number of carbonyl (C=O) groups is 3. The van der Waals surface area contributed by atoms with Gasteiger partial charge in [-0.05, 0) is 41.5 Å². The van der Waals surface area contributed by atoms with Crippen molar-refractivity contribution in [2.24, 2.45) is 0 Å². The summed E-state index contributed by atoms with van der Waals surface area (Å²) in [5, 5.41) is 8.10. The van der Waals surface area contributed by atoms with Crippen LogP contribution in [0.4, 0.5) is 5.69 Å². The van der Waals surface area contributed by atoms with Crippen LogP contribution in [0.5, 0.6) is 0 Å². The average molecular weight is 560 g/mol. The van der Waals surface area contributed by atoms with Crippen LogP contribution in [0.15, 0.2) is 84.9 Å². The molecule has 3 aromatic carbocycles. The molecule has 0 aromatic heterocycles. The van der Waals surface area contributed by atoms with E-state index in [1.165, 1.54) is 6.92 Å². The van der Waals surface area contributed by atoms with Gasteiger partial charge in [-0.1, -0.05) is 107 Å². The zero-order chi connectivity index (χ0) is 29.8. The molecule has 8 heteroatoms. The summed E-state index contributed by atoms with van der Waals surface area (Å²) in [6.45, 7) is 10.1. The molecule has 3 aromatic rings. The Hall–Kier alpha value is -4.01. The summed E-state index contributed by atoms with van der Waals surface area (Å²) in [6.07, 6.45) is -0.227. The lowest BCUT2D eigenvalue weighted by Crippen LogP contribution is -2.53. The van der Waals surface area contributed by atoms with Crippen LogP contribution in [-0.2, 0) is 42.5 Å². The Morgan fingerprint density at radius 3 is 1.76 bits per heavy atom. The molecule has 3 N–H and O–H groups in total. The fraction of sp³-hybridized carbons (Fsp3) is 0.364. The van der Waals surface area contributed by atoms with Gasteiger partial charge in [0, 0.05) is 5.69 Å². The third kappa shape index (κ3) is 9.84. The van der Waals surface area contributed by atoms with E-state index in [1.807, 2.05) is 100 Å². The van der Waals surface area contributed by atoms with Crippen molar-refractivity contribution in [1.82, 2.24) is 10.6 Å². The van der Waals surface area contributed by atoms with Crippen molar-refractivity contribution in [2.75, 3.05) is 5.32 Å². The molecule has 0 radical (unpaired) electrons. The number of carbonyl (C=O) groups excluding carboxylic acids is 3. The number of anilines is 1. The van der Waals surface area contributed by atoms with Gasteiger partial charge in [0.15, 0.2) is 6.29 Å². The van der Waals surface area contributed by atoms with Crippen LogP contribution in [0.3, 0.4) is 0 Å². The zero-order valence-corrected chi connectivity index (χ0v) is 24.5. The minimum Gasteiger partial charge on any atom is -0.346 e. The van der Waals surface area contributed by atoms with Gasteiger partial charge >= 0.3 is 11.8 Å². The Morgan fingerprint density at radius 1 is 0.732 bits per heavy atom. The maximum absolute atomic E-state index is 13.1. The third-order valence-electron chi connectivity index (χ3n) is 6.54. The monoisotopic (exact) mass is 559 g/mol. The first-order valence-electron chi connectivity index (χ1n) is 13.9. The second-order valence-corrected chi connectivity index (χ2v) is 10.9. The number of rotatable bonds is 12. The van der Waals surface area contributed by atoms with Gasteiger partial charge in [0.25, 0.3) is 0 Å². The molecule has 0 heterocycles. The molecule has 8 nitrogen and oxygen atoms in total. The Labute approximate surface area is 242 Å². The molecule has 0 saturated carbocycles. The minimum atomic E-state index is -0.968. The lowest BCUT2D eigenvalue weighted by Gasteiger charge is -2.29. The second kappa shape index (κ2) is 15.1.